The molecule has 1 fully saturated rings. The molecule has 1 saturated carbocycles. The number of rotatable bonds is 3. The Bertz CT molecular complexity index is 955. The first kappa shape index (κ1) is 14.8. The average molecular weight is 321 g/mol. The van der Waals surface area contributed by atoms with E-state index in [0.29, 0.717) is 17.3 Å². The highest BCUT2D eigenvalue weighted by molar-refractivity contribution is 6.12. The van der Waals surface area contributed by atoms with Crippen LogP contribution in [0.25, 0.3) is 11.0 Å². The molecule has 1 N–H and O–H groups in total. The molecule has 0 saturated heterocycles. The summed E-state index contributed by atoms with van der Waals surface area (Å²) >= 11 is 0. The largest absolute Gasteiger partial charge is 0.307 e. The summed E-state index contributed by atoms with van der Waals surface area (Å²) in [6, 6.07) is 5.67. The van der Waals surface area contributed by atoms with E-state index in [1.807, 2.05) is 39.1 Å². The zero-order valence-corrected chi connectivity index (χ0v) is 14.0. The quantitative estimate of drug-likeness (QED) is 0.804. The van der Waals surface area contributed by atoms with Gasteiger partial charge in [0.1, 0.15) is 5.82 Å². The van der Waals surface area contributed by atoms with E-state index in [-0.39, 0.29) is 5.91 Å². The molecule has 0 aromatic carbocycles. The summed E-state index contributed by atoms with van der Waals surface area (Å²) < 4.78 is 1.75. The van der Waals surface area contributed by atoms with Crippen molar-refractivity contribution < 1.29 is 4.79 Å². The number of nitrogens with one attached hydrogen (secondary N) is 1. The van der Waals surface area contributed by atoms with E-state index < -0.39 is 0 Å². The maximum Gasteiger partial charge on any atom is 0.257 e. The lowest BCUT2D eigenvalue weighted by molar-refractivity contribution is 0.102. The summed E-state index contributed by atoms with van der Waals surface area (Å²) in [5.74, 6) is 0.853. The number of fused-ring (bicyclic) bond motifs is 1. The number of nitrogens with zero attached hydrogens (tertiary/aromatic N) is 4. The van der Waals surface area contributed by atoms with Crippen LogP contribution in [0.1, 0.15) is 46.1 Å². The molecular weight excluding hydrogens is 302 g/mol. The van der Waals surface area contributed by atoms with E-state index in [0.717, 1.165) is 40.8 Å². The Morgan fingerprint density at radius 3 is 2.79 bits per heavy atom. The van der Waals surface area contributed by atoms with Crippen molar-refractivity contribution in [3.05, 3.63) is 46.9 Å². The summed E-state index contributed by atoms with van der Waals surface area (Å²) in [5, 5.41) is 8.15. The van der Waals surface area contributed by atoms with Gasteiger partial charge in [-0.3, -0.25) is 9.48 Å². The van der Waals surface area contributed by atoms with Crippen molar-refractivity contribution in [2.24, 2.45) is 7.05 Å². The fourth-order valence-electron chi connectivity index (χ4n) is 3.02. The van der Waals surface area contributed by atoms with Crippen molar-refractivity contribution in [3.8, 4) is 0 Å². The third-order valence-electron chi connectivity index (χ3n) is 4.39. The summed E-state index contributed by atoms with van der Waals surface area (Å²) in [6.45, 7) is 3.88. The minimum Gasteiger partial charge on any atom is -0.307 e. The highest BCUT2D eigenvalue weighted by Gasteiger charge is 2.28. The van der Waals surface area contributed by atoms with Gasteiger partial charge in [-0.15, -0.1) is 0 Å². The van der Waals surface area contributed by atoms with E-state index in [4.69, 9.17) is 4.98 Å². The Labute approximate surface area is 139 Å². The van der Waals surface area contributed by atoms with Crippen LogP contribution < -0.4 is 5.32 Å². The number of carbonyl (C=O) groups is 1. The second-order valence-electron chi connectivity index (χ2n) is 6.45. The fourth-order valence-corrected chi connectivity index (χ4v) is 3.02. The SMILES string of the molecule is Cc1ccnc(NC(=O)c2cc(C3CC3)nc3c2c(C)nn3C)c1. The molecule has 0 unspecified atom stereocenters. The highest BCUT2D eigenvalue weighted by Crippen LogP contribution is 2.40. The molecule has 1 aliphatic rings. The number of hydrogen-bond acceptors (Lipinski definition) is 4. The number of aryl methyl sites for hydroxylation is 3. The number of aromatic nitrogens is 4. The maximum absolute atomic E-state index is 12.9. The lowest BCUT2D eigenvalue weighted by atomic mass is 10.1. The predicted molar refractivity (Wildman–Crippen MR) is 92.1 cm³/mol. The molecule has 1 amide bonds. The fraction of sp³-hybridized carbons (Fsp3) is 0.333. The summed E-state index contributed by atoms with van der Waals surface area (Å²) in [6.07, 6.45) is 3.96. The van der Waals surface area contributed by atoms with Gasteiger partial charge in [0.05, 0.1) is 16.6 Å². The lowest BCUT2D eigenvalue weighted by Gasteiger charge is -2.09. The zero-order chi connectivity index (χ0) is 16.8. The number of pyridine rings is 2. The minimum atomic E-state index is -0.168. The molecule has 3 heterocycles. The number of hydrogen-bond donors (Lipinski definition) is 1. The van der Waals surface area contributed by atoms with Crippen molar-refractivity contribution in [1.82, 2.24) is 19.7 Å². The molecule has 122 valence electrons. The molecule has 1 aliphatic carbocycles. The van der Waals surface area contributed by atoms with Crippen LogP contribution in [0.15, 0.2) is 24.4 Å². The van der Waals surface area contributed by atoms with Crippen LogP contribution in [0.2, 0.25) is 0 Å². The monoisotopic (exact) mass is 321 g/mol. The standard InChI is InChI=1S/C18H19N5O/c1-10-6-7-19-15(8-10)21-18(24)13-9-14(12-4-5-12)20-17-16(13)11(2)22-23(17)3/h6-9,12H,4-5H2,1-3H3,(H,19,21,24). The minimum absolute atomic E-state index is 0.168. The number of anilines is 1. The van der Waals surface area contributed by atoms with Gasteiger partial charge in [0.25, 0.3) is 5.91 Å². The number of carbonyl (C=O) groups excluding carboxylic acids is 1. The first-order chi connectivity index (χ1) is 11.5. The first-order valence-electron chi connectivity index (χ1n) is 8.11. The van der Waals surface area contributed by atoms with E-state index in [1.54, 1.807) is 10.9 Å². The Kier molecular flexibility index (Phi) is 3.33. The molecule has 6 nitrogen and oxygen atoms in total. The third kappa shape index (κ3) is 2.54. The maximum atomic E-state index is 12.9. The topological polar surface area (TPSA) is 72.7 Å². The highest BCUT2D eigenvalue weighted by atomic mass is 16.1. The van der Waals surface area contributed by atoms with Gasteiger partial charge in [-0.25, -0.2) is 9.97 Å². The molecule has 3 aromatic heterocycles. The van der Waals surface area contributed by atoms with Crippen LogP contribution in [-0.4, -0.2) is 25.7 Å². The molecular formula is C18H19N5O. The Hall–Kier alpha value is -2.76. The van der Waals surface area contributed by atoms with Crippen LogP contribution >= 0.6 is 0 Å². The van der Waals surface area contributed by atoms with E-state index in [9.17, 15) is 4.79 Å². The number of amides is 1. The van der Waals surface area contributed by atoms with Crippen LogP contribution in [0.5, 0.6) is 0 Å². The molecule has 6 heteroatoms. The van der Waals surface area contributed by atoms with Crippen LogP contribution in [0.4, 0.5) is 5.82 Å². The third-order valence-corrected chi connectivity index (χ3v) is 4.39. The van der Waals surface area contributed by atoms with Crippen molar-refractivity contribution in [2.75, 3.05) is 5.32 Å². The van der Waals surface area contributed by atoms with E-state index in [2.05, 4.69) is 15.4 Å². The average Bonchev–Trinajstić information content (AvgIpc) is 3.34. The van der Waals surface area contributed by atoms with Gasteiger partial charge in [0.2, 0.25) is 0 Å². The summed E-state index contributed by atoms with van der Waals surface area (Å²) in [7, 11) is 1.86. The lowest BCUT2D eigenvalue weighted by Crippen LogP contribution is -2.14. The smallest absolute Gasteiger partial charge is 0.257 e. The molecule has 0 aliphatic heterocycles. The van der Waals surface area contributed by atoms with Gasteiger partial charge < -0.3 is 5.32 Å². The molecule has 3 aromatic rings. The van der Waals surface area contributed by atoms with Gasteiger partial charge in [-0.05, 0) is 50.5 Å². The molecule has 0 radical (unpaired) electrons. The van der Waals surface area contributed by atoms with Gasteiger partial charge in [0.15, 0.2) is 5.65 Å². The van der Waals surface area contributed by atoms with Crippen molar-refractivity contribution in [1.29, 1.82) is 0 Å². The van der Waals surface area contributed by atoms with Gasteiger partial charge in [-0.2, -0.15) is 5.10 Å². The molecule has 4 rings (SSSR count). The van der Waals surface area contributed by atoms with Crippen LogP contribution in [0, 0.1) is 13.8 Å². The predicted octanol–water partition coefficient (Wildman–Crippen LogP) is 3.11. The molecule has 0 spiro atoms. The van der Waals surface area contributed by atoms with Crippen molar-refractivity contribution in [2.45, 2.75) is 32.6 Å². The van der Waals surface area contributed by atoms with Gasteiger partial charge >= 0.3 is 0 Å². The van der Waals surface area contributed by atoms with E-state index >= 15 is 0 Å². The normalized spacial score (nSPS) is 14.1. The van der Waals surface area contributed by atoms with Gasteiger partial charge in [-0.1, -0.05) is 0 Å². The first-order valence-corrected chi connectivity index (χ1v) is 8.11. The molecule has 0 bridgehead atoms. The molecule has 24 heavy (non-hydrogen) atoms. The van der Waals surface area contributed by atoms with Crippen molar-refractivity contribution in [3.63, 3.8) is 0 Å². The van der Waals surface area contributed by atoms with E-state index in [1.165, 1.54) is 0 Å². The van der Waals surface area contributed by atoms with Crippen LogP contribution in [0.3, 0.4) is 0 Å². The Balaban J connectivity index is 1.80. The second-order valence-corrected chi connectivity index (χ2v) is 6.45. The van der Waals surface area contributed by atoms with Gasteiger partial charge in [0, 0.05) is 24.9 Å². The molecule has 0 atom stereocenters. The zero-order valence-electron chi connectivity index (χ0n) is 14.0. The van der Waals surface area contributed by atoms with Crippen LogP contribution in [-0.2, 0) is 7.05 Å². The Morgan fingerprint density at radius 1 is 1.29 bits per heavy atom. The second kappa shape index (κ2) is 5.40. The van der Waals surface area contributed by atoms with Crippen molar-refractivity contribution >= 4 is 22.8 Å². The summed E-state index contributed by atoms with van der Waals surface area (Å²) in [5.41, 5.74) is 4.23. The Morgan fingerprint density at radius 2 is 2.08 bits per heavy atom. The summed E-state index contributed by atoms with van der Waals surface area (Å²) in [4.78, 5) is 21.8.